The summed E-state index contributed by atoms with van der Waals surface area (Å²) in [6.45, 7) is 1.64. The lowest BCUT2D eigenvalue weighted by atomic mass is 10.1. The highest BCUT2D eigenvalue weighted by molar-refractivity contribution is 7.92. The molecule has 4 rings (SSSR count). The van der Waals surface area contributed by atoms with Gasteiger partial charge in [0.25, 0.3) is 10.0 Å². The second-order valence-corrected chi connectivity index (χ2v) is 10.4. The number of carbonyl (C=O) groups excluding carboxylic acids is 1. The molecule has 1 atom stereocenters. The van der Waals surface area contributed by atoms with E-state index < -0.39 is 28.1 Å². The fourth-order valence-corrected chi connectivity index (χ4v) is 5.60. The van der Waals surface area contributed by atoms with E-state index in [1.165, 1.54) is 29.2 Å². The molecule has 32 heavy (non-hydrogen) atoms. The van der Waals surface area contributed by atoms with E-state index in [1.54, 1.807) is 31.2 Å². The number of sulfonamides is 1. The molecular weight excluding hydrogens is 479 g/mol. The zero-order valence-corrected chi connectivity index (χ0v) is 18.8. The zero-order valence-electron chi connectivity index (χ0n) is 16.4. The number of fused-ring (bicyclic) bond motifs is 1. The number of nitrogens with one attached hydrogen (secondary N) is 2. The Labute approximate surface area is 192 Å². The largest absolute Gasteiger partial charge is 0.369 e. The predicted octanol–water partition coefficient (Wildman–Crippen LogP) is 4.61. The topological polar surface area (TPSA) is 111 Å². The van der Waals surface area contributed by atoms with Crippen LogP contribution >= 0.6 is 22.9 Å². The van der Waals surface area contributed by atoms with Gasteiger partial charge in [0.15, 0.2) is 6.23 Å². The number of aliphatic imine (C=N–C) groups is 1. The summed E-state index contributed by atoms with van der Waals surface area (Å²) in [5.41, 5.74) is 1.18. The Morgan fingerprint density at radius 2 is 1.97 bits per heavy atom. The number of hydrogen-bond donors (Lipinski definition) is 3. The highest BCUT2D eigenvalue weighted by atomic mass is 35.5. The highest BCUT2D eigenvalue weighted by Gasteiger charge is 2.29. The molecule has 3 N–H and O–H groups in total. The SMILES string of the molecule is CC1=Nc2ccccc2C(O)N1c1ccc(NC(=O)NS(=O)(=O)c2ccc(Cl)s2)cc1F. The van der Waals surface area contributed by atoms with E-state index in [9.17, 15) is 22.7 Å². The van der Waals surface area contributed by atoms with Crippen molar-refractivity contribution in [2.45, 2.75) is 17.4 Å². The van der Waals surface area contributed by atoms with Crippen molar-refractivity contribution in [1.82, 2.24) is 4.72 Å². The minimum absolute atomic E-state index is 0.0182. The summed E-state index contributed by atoms with van der Waals surface area (Å²) in [4.78, 5) is 17.8. The summed E-state index contributed by atoms with van der Waals surface area (Å²) >= 11 is 6.52. The van der Waals surface area contributed by atoms with Crippen molar-refractivity contribution < 1.29 is 22.7 Å². The number of amidine groups is 1. The van der Waals surface area contributed by atoms with E-state index in [4.69, 9.17) is 11.6 Å². The molecular formula is C20H16ClFN4O4S2. The maximum absolute atomic E-state index is 14.9. The van der Waals surface area contributed by atoms with Crippen molar-refractivity contribution in [3.8, 4) is 0 Å². The number of halogens is 2. The molecule has 0 radical (unpaired) electrons. The molecule has 1 aliphatic heterocycles. The van der Waals surface area contributed by atoms with Gasteiger partial charge in [0.05, 0.1) is 15.7 Å². The number of rotatable bonds is 4. The number of para-hydroxylation sites is 1. The molecule has 2 heterocycles. The molecule has 12 heteroatoms. The summed E-state index contributed by atoms with van der Waals surface area (Å²) < 4.78 is 41.3. The molecule has 1 aliphatic rings. The van der Waals surface area contributed by atoms with Gasteiger partial charge in [0.1, 0.15) is 15.9 Å². The van der Waals surface area contributed by atoms with Gasteiger partial charge in [-0.25, -0.2) is 27.3 Å². The smallest absolute Gasteiger partial charge is 0.333 e. The number of anilines is 2. The first-order valence-electron chi connectivity index (χ1n) is 9.16. The van der Waals surface area contributed by atoms with Gasteiger partial charge in [-0.2, -0.15) is 0 Å². The summed E-state index contributed by atoms with van der Waals surface area (Å²) in [5.74, 6) is -0.363. The second-order valence-electron chi connectivity index (χ2n) is 6.75. The lowest BCUT2D eigenvalue weighted by molar-refractivity contribution is 0.185. The maximum atomic E-state index is 14.9. The van der Waals surface area contributed by atoms with E-state index in [-0.39, 0.29) is 19.9 Å². The monoisotopic (exact) mass is 494 g/mol. The molecule has 8 nitrogen and oxygen atoms in total. The van der Waals surface area contributed by atoms with Crippen molar-refractivity contribution in [3.05, 3.63) is 70.3 Å². The van der Waals surface area contributed by atoms with Crippen molar-refractivity contribution >= 4 is 61.9 Å². The number of hydrogen-bond acceptors (Lipinski definition) is 7. The van der Waals surface area contributed by atoms with Gasteiger partial charge in [-0.05, 0) is 43.3 Å². The van der Waals surface area contributed by atoms with Crippen LogP contribution in [0.2, 0.25) is 4.34 Å². The minimum Gasteiger partial charge on any atom is -0.369 e. The van der Waals surface area contributed by atoms with Gasteiger partial charge in [-0.1, -0.05) is 29.8 Å². The number of aliphatic hydroxyl groups is 1. The average molecular weight is 495 g/mol. The van der Waals surface area contributed by atoms with E-state index in [0.29, 0.717) is 17.1 Å². The third-order valence-electron chi connectivity index (χ3n) is 4.60. The molecule has 166 valence electrons. The third-order valence-corrected chi connectivity index (χ3v) is 7.65. The molecule has 0 spiro atoms. The Morgan fingerprint density at radius 1 is 1.22 bits per heavy atom. The standard InChI is InChI=1S/C20H16ClFN4O4S2/c1-11-23-15-5-3-2-4-13(15)19(27)26(11)16-7-6-12(10-14(16)22)24-20(28)25-32(29,30)18-9-8-17(21)31-18/h2-10,19,27H,1H3,(H2,24,25,28). The van der Waals surface area contributed by atoms with Gasteiger partial charge < -0.3 is 10.4 Å². The summed E-state index contributed by atoms with van der Waals surface area (Å²) in [5, 5.41) is 13.0. The normalized spacial score (nSPS) is 15.7. The van der Waals surface area contributed by atoms with E-state index in [2.05, 4.69) is 10.3 Å². The van der Waals surface area contributed by atoms with Crippen molar-refractivity contribution in [2.24, 2.45) is 4.99 Å². The third kappa shape index (κ3) is 4.32. The number of thiophene rings is 1. The van der Waals surface area contributed by atoms with Gasteiger partial charge in [0.2, 0.25) is 0 Å². The van der Waals surface area contributed by atoms with E-state index >= 15 is 0 Å². The van der Waals surface area contributed by atoms with Gasteiger partial charge in [-0.15, -0.1) is 11.3 Å². The number of benzene rings is 2. The maximum Gasteiger partial charge on any atom is 0.333 e. The number of amides is 2. The average Bonchev–Trinajstić information content (AvgIpc) is 3.16. The van der Waals surface area contributed by atoms with Crippen molar-refractivity contribution in [1.29, 1.82) is 0 Å². The Bertz CT molecular complexity index is 1340. The molecule has 0 saturated carbocycles. The van der Waals surface area contributed by atoms with Gasteiger partial charge in [-0.3, -0.25) is 4.90 Å². The molecule has 2 amide bonds. The predicted molar refractivity (Wildman–Crippen MR) is 122 cm³/mol. The minimum atomic E-state index is -4.12. The molecule has 1 aromatic heterocycles. The molecule has 0 aliphatic carbocycles. The fraction of sp³-hybridized carbons (Fsp3) is 0.100. The Balaban J connectivity index is 1.52. The van der Waals surface area contributed by atoms with Gasteiger partial charge in [0, 0.05) is 11.3 Å². The molecule has 3 aromatic rings. The van der Waals surface area contributed by atoms with Crippen molar-refractivity contribution in [3.63, 3.8) is 0 Å². The Kier molecular flexibility index (Phi) is 5.91. The van der Waals surface area contributed by atoms with Crippen LogP contribution in [0.4, 0.5) is 26.2 Å². The molecule has 0 fully saturated rings. The zero-order chi connectivity index (χ0) is 23.0. The summed E-state index contributed by atoms with van der Waals surface area (Å²) in [7, 11) is -4.12. The first kappa shape index (κ1) is 22.2. The Hall–Kier alpha value is -2.99. The first-order valence-corrected chi connectivity index (χ1v) is 11.8. The van der Waals surface area contributed by atoms with Crippen LogP contribution in [0.1, 0.15) is 18.7 Å². The number of nitrogens with zero attached hydrogens (tertiary/aromatic N) is 2. The summed E-state index contributed by atoms with van der Waals surface area (Å²) in [6.07, 6.45) is -1.15. The van der Waals surface area contributed by atoms with Crippen molar-refractivity contribution in [2.75, 3.05) is 10.2 Å². The lowest BCUT2D eigenvalue weighted by Gasteiger charge is -2.34. The molecule has 1 unspecified atom stereocenters. The van der Waals surface area contributed by atoms with E-state index in [1.807, 2.05) is 4.72 Å². The highest BCUT2D eigenvalue weighted by Crippen LogP contribution is 2.37. The number of urea groups is 1. The van der Waals surface area contributed by atoms with Crippen LogP contribution in [-0.4, -0.2) is 25.4 Å². The second kappa shape index (κ2) is 8.51. The number of aliphatic hydroxyl groups excluding tert-OH is 1. The van der Waals surface area contributed by atoms with Crippen LogP contribution in [0.15, 0.2) is 63.8 Å². The quantitative estimate of drug-likeness (QED) is 0.490. The molecule has 0 bridgehead atoms. The summed E-state index contributed by atoms with van der Waals surface area (Å²) in [6, 6.07) is 12.3. The van der Waals surface area contributed by atoms with Crippen LogP contribution in [0.25, 0.3) is 0 Å². The molecule has 2 aromatic carbocycles. The van der Waals surface area contributed by atoms with Crippen LogP contribution in [0.5, 0.6) is 0 Å². The van der Waals surface area contributed by atoms with Crippen LogP contribution in [-0.2, 0) is 10.0 Å². The van der Waals surface area contributed by atoms with E-state index in [0.717, 1.165) is 17.4 Å². The number of carbonyl (C=O) groups is 1. The van der Waals surface area contributed by atoms with Crippen LogP contribution in [0.3, 0.4) is 0 Å². The molecule has 0 saturated heterocycles. The van der Waals surface area contributed by atoms with Crippen LogP contribution in [0, 0.1) is 5.82 Å². The first-order chi connectivity index (χ1) is 15.2. The van der Waals surface area contributed by atoms with Gasteiger partial charge >= 0.3 is 6.03 Å². The Morgan fingerprint density at radius 3 is 2.66 bits per heavy atom. The van der Waals surface area contributed by atoms with Crippen LogP contribution < -0.4 is 14.9 Å². The lowest BCUT2D eigenvalue weighted by Crippen LogP contribution is -2.36. The fourth-order valence-electron chi connectivity index (χ4n) is 3.21.